The lowest BCUT2D eigenvalue weighted by Crippen LogP contribution is -1.75. The first-order valence-electron chi connectivity index (χ1n) is 1.95. The molecule has 0 spiro atoms. The van der Waals surface area contributed by atoms with E-state index in [1.807, 2.05) is 0 Å². The summed E-state index contributed by atoms with van der Waals surface area (Å²) in [6.07, 6.45) is 2.50. The lowest BCUT2D eigenvalue weighted by Gasteiger charge is -1.88. The molecule has 0 saturated carbocycles. The van der Waals surface area contributed by atoms with Crippen LogP contribution in [0.3, 0.4) is 0 Å². The van der Waals surface area contributed by atoms with Crippen LogP contribution in [0.4, 0.5) is 0 Å². The van der Waals surface area contributed by atoms with E-state index in [2.05, 4.69) is 9.97 Å². The van der Waals surface area contributed by atoms with E-state index in [0.717, 1.165) is 0 Å². The van der Waals surface area contributed by atoms with Crippen LogP contribution in [-0.4, -0.2) is 15.1 Å². The molecule has 1 aromatic rings. The average molecular weight is 131 g/mol. The van der Waals surface area contributed by atoms with Crippen molar-refractivity contribution in [2.45, 2.75) is 0 Å². The number of aromatic hydroxyl groups is 1. The van der Waals surface area contributed by atoms with Gasteiger partial charge in [0.05, 0.1) is 6.20 Å². The van der Waals surface area contributed by atoms with E-state index < -0.39 is 0 Å². The first kappa shape index (κ1) is 5.31. The van der Waals surface area contributed by atoms with Gasteiger partial charge < -0.3 is 5.11 Å². The molecule has 0 fully saturated rings. The zero-order chi connectivity index (χ0) is 5.98. The number of halogens is 1. The monoisotopic (exact) mass is 130 g/mol. The third-order valence-electron chi connectivity index (χ3n) is 0.646. The Labute approximate surface area is 51.0 Å². The maximum atomic E-state index is 8.66. The highest BCUT2D eigenvalue weighted by molar-refractivity contribution is 6.30. The Morgan fingerprint density at radius 3 is 2.75 bits per heavy atom. The van der Waals surface area contributed by atoms with Gasteiger partial charge in [-0.15, -0.1) is 0 Å². The minimum absolute atomic E-state index is 0.0833. The Kier molecular flexibility index (Phi) is 1.30. The first-order chi connectivity index (χ1) is 3.80. The number of hydrogen-bond acceptors (Lipinski definition) is 3. The highest BCUT2D eigenvalue weighted by Crippen LogP contribution is 2.15. The molecule has 0 aliphatic rings. The fraction of sp³-hybridized carbons (Fsp3) is 0. The van der Waals surface area contributed by atoms with Gasteiger partial charge in [-0.3, -0.25) is 0 Å². The summed E-state index contributed by atoms with van der Waals surface area (Å²) in [6, 6.07) is 0. The van der Waals surface area contributed by atoms with Gasteiger partial charge in [-0.25, -0.2) is 9.97 Å². The van der Waals surface area contributed by atoms with Gasteiger partial charge in [0, 0.05) is 0 Å². The lowest BCUT2D eigenvalue weighted by molar-refractivity contribution is 0.470. The smallest absolute Gasteiger partial charge is 0.174 e. The van der Waals surface area contributed by atoms with Crippen LogP contribution in [0.15, 0.2) is 12.5 Å². The minimum atomic E-state index is -0.0887. The number of aromatic nitrogens is 2. The molecule has 4 heteroatoms. The summed E-state index contributed by atoms with van der Waals surface area (Å²) in [4.78, 5) is 6.98. The highest BCUT2D eigenvalue weighted by atomic mass is 35.5. The largest absolute Gasteiger partial charge is 0.504 e. The Hall–Kier alpha value is -0.830. The van der Waals surface area contributed by atoms with E-state index in [1.165, 1.54) is 12.5 Å². The van der Waals surface area contributed by atoms with Crippen LogP contribution in [0.1, 0.15) is 0 Å². The Balaban J connectivity index is 3.13. The first-order valence-corrected chi connectivity index (χ1v) is 2.33. The molecular formula is C4H3ClN2O. The lowest BCUT2D eigenvalue weighted by atomic mass is 10.6. The zero-order valence-corrected chi connectivity index (χ0v) is 4.63. The van der Waals surface area contributed by atoms with Crippen LogP contribution in [0.25, 0.3) is 0 Å². The van der Waals surface area contributed by atoms with E-state index in [-0.39, 0.29) is 10.9 Å². The fourth-order valence-electron chi connectivity index (χ4n) is 0.307. The highest BCUT2D eigenvalue weighted by Gasteiger charge is 1.92. The molecule has 3 nitrogen and oxygen atoms in total. The molecule has 1 N–H and O–H groups in total. The van der Waals surface area contributed by atoms with Crippen molar-refractivity contribution in [2.24, 2.45) is 0 Å². The maximum absolute atomic E-state index is 8.66. The molecule has 0 aromatic carbocycles. The second-order valence-electron chi connectivity index (χ2n) is 1.20. The molecule has 0 unspecified atom stereocenters. The van der Waals surface area contributed by atoms with Gasteiger partial charge in [0.15, 0.2) is 10.9 Å². The van der Waals surface area contributed by atoms with Crippen molar-refractivity contribution in [3.05, 3.63) is 17.7 Å². The summed E-state index contributed by atoms with van der Waals surface area (Å²) >= 11 is 5.31. The SMILES string of the molecule is Oc1cncnc1Cl. The Morgan fingerprint density at radius 2 is 2.38 bits per heavy atom. The number of rotatable bonds is 0. The van der Waals surface area contributed by atoms with Crippen molar-refractivity contribution in [3.63, 3.8) is 0 Å². The second kappa shape index (κ2) is 1.96. The van der Waals surface area contributed by atoms with Crippen molar-refractivity contribution in [1.29, 1.82) is 0 Å². The van der Waals surface area contributed by atoms with Gasteiger partial charge in [0.1, 0.15) is 6.33 Å². The zero-order valence-electron chi connectivity index (χ0n) is 3.87. The van der Waals surface area contributed by atoms with E-state index in [9.17, 15) is 0 Å². The van der Waals surface area contributed by atoms with Crippen LogP contribution < -0.4 is 0 Å². The van der Waals surface area contributed by atoms with E-state index >= 15 is 0 Å². The molecule has 0 aliphatic heterocycles. The van der Waals surface area contributed by atoms with Crippen LogP contribution in [0, 0.1) is 0 Å². The van der Waals surface area contributed by atoms with Crippen molar-refractivity contribution < 1.29 is 5.11 Å². The van der Waals surface area contributed by atoms with Gasteiger partial charge in [-0.1, -0.05) is 11.6 Å². The van der Waals surface area contributed by atoms with Crippen molar-refractivity contribution in [2.75, 3.05) is 0 Å². The van der Waals surface area contributed by atoms with Gasteiger partial charge in [0.2, 0.25) is 0 Å². The molecular weight excluding hydrogens is 128 g/mol. The summed E-state index contributed by atoms with van der Waals surface area (Å²) in [5.74, 6) is -0.0887. The maximum Gasteiger partial charge on any atom is 0.174 e. The van der Waals surface area contributed by atoms with Crippen LogP contribution in [-0.2, 0) is 0 Å². The molecule has 42 valence electrons. The second-order valence-corrected chi connectivity index (χ2v) is 1.56. The molecule has 0 aliphatic carbocycles. The summed E-state index contributed by atoms with van der Waals surface area (Å²) in [5.41, 5.74) is 0. The third kappa shape index (κ3) is 0.869. The van der Waals surface area contributed by atoms with Crippen molar-refractivity contribution in [3.8, 4) is 5.75 Å². The molecule has 0 amide bonds. The van der Waals surface area contributed by atoms with E-state index in [1.54, 1.807) is 0 Å². The van der Waals surface area contributed by atoms with Crippen molar-refractivity contribution >= 4 is 11.6 Å². The summed E-state index contributed by atoms with van der Waals surface area (Å²) in [7, 11) is 0. The predicted molar refractivity (Wildman–Crippen MR) is 28.7 cm³/mol. The molecule has 1 heterocycles. The summed E-state index contributed by atoms with van der Waals surface area (Å²) < 4.78 is 0. The van der Waals surface area contributed by atoms with Crippen LogP contribution in [0.5, 0.6) is 5.75 Å². The quantitative estimate of drug-likeness (QED) is 0.530. The Bertz CT molecular complexity index is 170. The third-order valence-corrected chi connectivity index (χ3v) is 0.937. The van der Waals surface area contributed by atoms with Gasteiger partial charge in [0.25, 0.3) is 0 Å². The van der Waals surface area contributed by atoms with Crippen molar-refractivity contribution in [1.82, 2.24) is 9.97 Å². The number of hydrogen-bond donors (Lipinski definition) is 1. The molecule has 0 saturated heterocycles. The molecule has 0 atom stereocenters. The number of nitrogens with zero attached hydrogens (tertiary/aromatic N) is 2. The van der Waals surface area contributed by atoms with Crippen LogP contribution in [0.2, 0.25) is 5.15 Å². The Morgan fingerprint density at radius 1 is 1.62 bits per heavy atom. The van der Waals surface area contributed by atoms with E-state index in [0.29, 0.717) is 0 Å². The molecule has 1 rings (SSSR count). The van der Waals surface area contributed by atoms with Gasteiger partial charge in [-0.2, -0.15) is 0 Å². The minimum Gasteiger partial charge on any atom is -0.504 e. The van der Waals surface area contributed by atoms with Gasteiger partial charge in [-0.05, 0) is 0 Å². The summed E-state index contributed by atoms with van der Waals surface area (Å²) in [6.45, 7) is 0. The molecule has 1 aromatic heterocycles. The predicted octanol–water partition coefficient (Wildman–Crippen LogP) is 0.836. The standard InChI is InChI=1S/C4H3ClN2O/c5-4-3(8)1-6-2-7-4/h1-2,8H. The molecule has 0 radical (unpaired) electrons. The fourth-order valence-corrected chi connectivity index (χ4v) is 0.400. The van der Waals surface area contributed by atoms with E-state index in [4.69, 9.17) is 16.7 Å². The average Bonchev–Trinajstić information content (AvgIpc) is 1.77. The summed E-state index contributed by atoms with van der Waals surface area (Å²) in [5, 5.41) is 8.75. The molecule has 0 bridgehead atoms. The normalized spacial score (nSPS) is 9.12. The molecule has 8 heavy (non-hydrogen) atoms. The van der Waals surface area contributed by atoms with Crippen LogP contribution >= 0.6 is 11.6 Å². The van der Waals surface area contributed by atoms with Gasteiger partial charge >= 0.3 is 0 Å². The topological polar surface area (TPSA) is 46.0 Å².